The molecule has 2 aromatic rings. The van der Waals surface area contributed by atoms with Gasteiger partial charge in [-0.2, -0.15) is 0 Å². The van der Waals surface area contributed by atoms with Gasteiger partial charge in [0.15, 0.2) is 0 Å². The maximum absolute atomic E-state index is 11.3. The van der Waals surface area contributed by atoms with Gasteiger partial charge in [-0.1, -0.05) is 12.1 Å². The minimum Gasteiger partial charge on any atom is -0.454 e. The number of benzene rings is 2. The van der Waals surface area contributed by atoms with Crippen LogP contribution < -0.4 is 21.9 Å². The van der Waals surface area contributed by atoms with Crippen LogP contribution in [-0.2, 0) is 0 Å². The maximum atomic E-state index is 11.3. The smallest absolute Gasteiger partial charge is 0.252 e. The number of nitrogen functional groups attached to an aromatic ring is 1. The topological polar surface area (TPSA) is 121 Å². The van der Waals surface area contributed by atoms with Crippen molar-refractivity contribution < 1.29 is 14.3 Å². The van der Waals surface area contributed by atoms with E-state index in [1.165, 1.54) is 18.2 Å². The molecular formula is C14H13N3O3. The Bertz CT molecular complexity index is 683. The number of primary amides is 2. The highest BCUT2D eigenvalue weighted by Gasteiger charge is 2.11. The fourth-order valence-corrected chi connectivity index (χ4v) is 1.67. The quantitative estimate of drug-likeness (QED) is 0.724. The lowest BCUT2D eigenvalue weighted by Gasteiger charge is -2.11. The normalized spacial score (nSPS) is 10.0. The first-order valence-electron chi connectivity index (χ1n) is 5.75. The van der Waals surface area contributed by atoms with Crippen molar-refractivity contribution in [1.82, 2.24) is 0 Å². The number of anilines is 1. The van der Waals surface area contributed by atoms with Crippen molar-refractivity contribution in [3.05, 3.63) is 53.6 Å². The summed E-state index contributed by atoms with van der Waals surface area (Å²) in [6, 6.07) is 10.9. The van der Waals surface area contributed by atoms with Crippen LogP contribution in [0.4, 0.5) is 5.69 Å². The van der Waals surface area contributed by atoms with Crippen LogP contribution >= 0.6 is 0 Å². The van der Waals surface area contributed by atoms with Crippen molar-refractivity contribution in [2.24, 2.45) is 11.5 Å². The van der Waals surface area contributed by atoms with Crippen LogP contribution in [0.1, 0.15) is 20.7 Å². The van der Waals surface area contributed by atoms with E-state index in [4.69, 9.17) is 21.9 Å². The SMILES string of the molecule is NC(=O)c1ccc(Oc2ccccc2C(N)=O)c(N)c1. The Balaban J connectivity index is 2.36. The van der Waals surface area contributed by atoms with Gasteiger partial charge in [0.25, 0.3) is 5.91 Å². The molecular weight excluding hydrogens is 258 g/mol. The van der Waals surface area contributed by atoms with Gasteiger partial charge in [-0.15, -0.1) is 0 Å². The monoisotopic (exact) mass is 271 g/mol. The molecule has 0 unspecified atom stereocenters. The van der Waals surface area contributed by atoms with Crippen molar-refractivity contribution in [2.45, 2.75) is 0 Å². The Morgan fingerprint density at radius 1 is 0.900 bits per heavy atom. The highest BCUT2D eigenvalue weighted by atomic mass is 16.5. The van der Waals surface area contributed by atoms with Gasteiger partial charge >= 0.3 is 0 Å². The molecule has 0 aromatic heterocycles. The molecule has 102 valence electrons. The second-order valence-electron chi connectivity index (χ2n) is 4.08. The number of amides is 2. The highest BCUT2D eigenvalue weighted by molar-refractivity contribution is 5.96. The zero-order chi connectivity index (χ0) is 14.7. The number of carbonyl (C=O) groups excluding carboxylic acids is 2. The van der Waals surface area contributed by atoms with E-state index >= 15 is 0 Å². The Hall–Kier alpha value is -3.02. The molecule has 0 aliphatic carbocycles. The molecule has 0 saturated carbocycles. The summed E-state index contributed by atoms with van der Waals surface area (Å²) in [4.78, 5) is 22.3. The van der Waals surface area contributed by atoms with Gasteiger partial charge in [0.1, 0.15) is 11.5 Å². The summed E-state index contributed by atoms with van der Waals surface area (Å²) in [7, 11) is 0. The molecule has 0 aliphatic heterocycles. The molecule has 6 nitrogen and oxygen atoms in total. The maximum Gasteiger partial charge on any atom is 0.252 e. The first-order valence-corrected chi connectivity index (χ1v) is 5.75. The molecule has 0 bridgehead atoms. The van der Waals surface area contributed by atoms with Crippen LogP contribution in [-0.4, -0.2) is 11.8 Å². The molecule has 6 N–H and O–H groups in total. The summed E-state index contributed by atoms with van der Waals surface area (Å²) in [5.74, 6) is -0.587. The molecule has 2 amide bonds. The molecule has 6 heteroatoms. The van der Waals surface area contributed by atoms with E-state index in [9.17, 15) is 9.59 Å². The number of rotatable bonds is 4. The lowest BCUT2D eigenvalue weighted by atomic mass is 10.1. The van der Waals surface area contributed by atoms with Crippen LogP contribution in [0.5, 0.6) is 11.5 Å². The van der Waals surface area contributed by atoms with E-state index < -0.39 is 11.8 Å². The predicted molar refractivity (Wildman–Crippen MR) is 74.4 cm³/mol. The van der Waals surface area contributed by atoms with Crippen LogP contribution in [0, 0.1) is 0 Å². The average Bonchev–Trinajstić information content (AvgIpc) is 2.41. The number of ether oxygens (including phenoxy) is 1. The molecule has 0 aliphatic rings. The van der Waals surface area contributed by atoms with Gasteiger partial charge in [-0.05, 0) is 30.3 Å². The van der Waals surface area contributed by atoms with Crippen molar-refractivity contribution >= 4 is 17.5 Å². The van der Waals surface area contributed by atoms with Gasteiger partial charge in [-0.3, -0.25) is 9.59 Å². The lowest BCUT2D eigenvalue weighted by molar-refractivity contribution is 0.0991. The van der Waals surface area contributed by atoms with Crippen molar-refractivity contribution in [3.8, 4) is 11.5 Å². The molecule has 20 heavy (non-hydrogen) atoms. The fraction of sp³-hybridized carbons (Fsp3) is 0. The van der Waals surface area contributed by atoms with Crippen LogP contribution in [0.15, 0.2) is 42.5 Å². The second kappa shape index (κ2) is 5.31. The molecule has 2 rings (SSSR count). The van der Waals surface area contributed by atoms with Gasteiger partial charge in [0.05, 0.1) is 11.3 Å². The van der Waals surface area contributed by atoms with Gasteiger partial charge in [0.2, 0.25) is 5.91 Å². The molecule has 0 heterocycles. The molecule has 0 saturated heterocycles. The first-order chi connectivity index (χ1) is 9.49. The third-order valence-electron chi connectivity index (χ3n) is 2.67. The molecule has 0 fully saturated rings. The summed E-state index contributed by atoms with van der Waals surface area (Å²) in [6.45, 7) is 0. The minimum atomic E-state index is -0.604. The number of para-hydroxylation sites is 1. The Labute approximate surface area is 115 Å². The highest BCUT2D eigenvalue weighted by Crippen LogP contribution is 2.30. The van der Waals surface area contributed by atoms with Gasteiger partial charge < -0.3 is 21.9 Å². The summed E-state index contributed by atoms with van der Waals surface area (Å²) >= 11 is 0. The summed E-state index contributed by atoms with van der Waals surface area (Å²) < 4.78 is 5.56. The fourth-order valence-electron chi connectivity index (χ4n) is 1.67. The zero-order valence-electron chi connectivity index (χ0n) is 10.5. The summed E-state index contributed by atoms with van der Waals surface area (Å²) in [5, 5.41) is 0. The molecule has 0 spiro atoms. The minimum absolute atomic E-state index is 0.237. The van der Waals surface area contributed by atoms with Gasteiger partial charge in [-0.25, -0.2) is 0 Å². The Morgan fingerprint density at radius 3 is 2.20 bits per heavy atom. The number of carbonyl (C=O) groups is 2. The third-order valence-corrected chi connectivity index (χ3v) is 2.67. The zero-order valence-corrected chi connectivity index (χ0v) is 10.5. The molecule has 2 aromatic carbocycles. The van der Waals surface area contributed by atoms with E-state index in [1.54, 1.807) is 24.3 Å². The van der Waals surface area contributed by atoms with Crippen LogP contribution in [0.3, 0.4) is 0 Å². The Morgan fingerprint density at radius 2 is 1.60 bits per heavy atom. The summed E-state index contributed by atoms with van der Waals surface area (Å²) in [5.41, 5.74) is 16.9. The Kier molecular flexibility index (Phi) is 3.56. The van der Waals surface area contributed by atoms with Crippen LogP contribution in [0.2, 0.25) is 0 Å². The first kappa shape index (κ1) is 13.4. The number of hydrogen-bond donors (Lipinski definition) is 3. The van der Waals surface area contributed by atoms with Crippen molar-refractivity contribution in [2.75, 3.05) is 5.73 Å². The third kappa shape index (κ3) is 2.69. The van der Waals surface area contributed by atoms with E-state index in [0.717, 1.165) is 0 Å². The van der Waals surface area contributed by atoms with Crippen LogP contribution in [0.25, 0.3) is 0 Å². The van der Waals surface area contributed by atoms with E-state index in [1.807, 2.05) is 0 Å². The second-order valence-corrected chi connectivity index (χ2v) is 4.08. The lowest BCUT2D eigenvalue weighted by Crippen LogP contribution is -2.12. The van der Waals surface area contributed by atoms with Gasteiger partial charge in [0, 0.05) is 5.56 Å². The van der Waals surface area contributed by atoms with E-state index in [0.29, 0.717) is 11.5 Å². The standard InChI is InChI=1S/C14H13N3O3/c15-10-7-8(13(16)18)5-6-12(10)20-11-4-2-1-3-9(11)14(17)19/h1-7H,15H2,(H2,16,18)(H2,17,19). The van der Waals surface area contributed by atoms with E-state index in [2.05, 4.69) is 0 Å². The van der Waals surface area contributed by atoms with Crippen molar-refractivity contribution in [1.29, 1.82) is 0 Å². The predicted octanol–water partition coefficient (Wildman–Crippen LogP) is 1.26. The average molecular weight is 271 g/mol. The number of nitrogens with two attached hydrogens (primary N) is 3. The molecule has 0 radical (unpaired) electrons. The summed E-state index contributed by atoms with van der Waals surface area (Å²) in [6.07, 6.45) is 0. The number of hydrogen-bond acceptors (Lipinski definition) is 4. The van der Waals surface area contributed by atoms with Crippen molar-refractivity contribution in [3.63, 3.8) is 0 Å². The van der Waals surface area contributed by atoms with E-state index in [-0.39, 0.29) is 16.8 Å². The largest absolute Gasteiger partial charge is 0.454 e. The molecule has 0 atom stereocenters.